The fourth-order valence-electron chi connectivity index (χ4n) is 3.21. The summed E-state index contributed by atoms with van der Waals surface area (Å²) in [6.07, 6.45) is -0.0649. The van der Waals surface area contributed by atoms with Crippen LogP contribution in [0.5, 0.6) is 0 Å². The SMILES string of the molecule is Cc1c(CC(=O)O)cc2ccc(Cl)cc2c1-c1ccc(S(=O)NCCO)cc1. The van der Waals surface area contributed by atoms with Gasteiger partial charge in [0.1, 0.15) is 11.0 Å². The van der Waals surface area contributed by atoms with E-state index in [0.717, 1.165) is 33.0 Å². The monoisotopic (exact) mass is 417 g/mol. The van der Waals surface area contributed by atoms with Crippen molar-refractivity contribution in [2.45, 2.75) is 18.2 Å². The van der Waals surface area contributed by atoms with E-state index in [0.29, 0.717) is 9.92 Å². The van der Waals surface area contributed by atoms with Gasteiger partial charge in [-0.25, -0.2) is 8.93 Å². The van der Waals surface area contributed by atoms with Crippen LogP contribution in [-0.2, 0) is 22.2 Å². The average molecular weight is 418 g/mol. The molecule has 0 bridgehead atoms. The van der Waals surface area contributed by atoms with E-state index in [1.165, 1.54) is 0 Å². The first-order valence-corrected chi connectivity index (χ1v) is 10.2. The molecule has 7 heteroatoms. The number of aliphatic hydroxyl groups is 1. The number of halogens is 1. The fourth-order valence-corrected chi connectivity index (χ4v) is 4.21. The van der Waals surface area contributed by atoms with Crippen LogP contribution in [0.3, 0.4) is 0 Å². The minimum Gasteiger partial charge on any atom is -0.481 e. The summed E-state index contributed by atoms with van der Waals surface area (Å²) in [5, 5.41) is 20.6. The zero-order chi connectivity index (χ0) is 20.3. The lowest BCUT2D eigenvalue weighted by atomic mass is 9.89. The summed E-state index contributed by atoms with van der Waals surface area (Å²) in [5.41, 5.74) is 3.43. The minimum absolute atomic E-state index is 0.0649. The maximum Gasteiger partial charge on any atom is 0.307 e. The van der Waals surface area contributed by atoms with Crippen LogP contribution in [0.1, 0.15) is 11.1 Å². The number of benzene rings is 3. The Labute approximate surface area is 170 Å². The molecule has 5 nitrogen and oxygen atoms in total. The van der Waals surface area contributed by atoms with Gasteiger partial charge in [-0.2, -0.15) is 0 Å². The third kappa shape index (κ3) is 4.42. The highest BCUT2D eigenvalue weighted by atomic mass is 35.5. The number of hydrogen-bond acceptors (Lipinski definition) is 3. The number of carboxylic acid groups (broad SMARTS) is 1. The Morgan fingerprint density at radius 2 is 1.86 bits per heavy atom. The molecule has 0 aliphatic heterocycles. The van der Waals surface area contributed by atoms with Crippen molar-refractivity contribution in [3.63, 3.8) is 0 Å². The van der Waals surface area contributed by atoms with Gasteiger partial charge in [-0.05, 0) is 64.2 Å². The van der Waals surface area contributed by atoms with Crippen molar-refractivity contribution in [1.82, 2.24) is 4.72 Å². The molecule has 0 aromatic heterocycles. The smallest absolute Gasteiger partial charge is 0.307 e. The van der Waals surface area contributed by atoms with Crippen molar-refractivity contribution in [1.29, 1.82) is 0 Å². The summed E-state index contributed by atoms with van der Waals surface area (Å²) in [4.78, 5) is 11.9. The second-order valence-corrected chi connectivity index (χ2v) is 8.12. The van der Waals surface area contributed by atoms with Gasteiger partial charge in [0.15, 0.2) is 0 Å². The Hall–Kier alpha value is -2.25. The highest BCUT2D eigenvalue weighted by Gasteiger charge is 2.15. The van der Waals surface area contributed by atoms with E-state index >= 15 is 0 Å². The quantitative estimate of drug-likeness (QED) is 0.547. The van der Waals surface area contributed by atoms with Gasteiger partial charge in [-0.3, -0.25) is 4.79 Å². The molecule has 1 unspecified atom stereocenters. The van der Waals surface area contributed by atoms with Crippen LogP contribution in [0.15, 0.2) is 53.4 Å². The Balaban J connectivity index is 2.12. The number of aliphatic hydroxyl groups excluding tert-OH is 1. The number of aliphatic carboxylic acids is 1. The number of carboxylic acids is 1. The molecule has 0 fully saturated rings. The summed E-state index contributed by atoms with van der Waals surface area (Å²) >= 11 is 6.21. The molecule has 0 heterocycles. The molecule has 0 aliphatic carbocycles. The van der Waals surface area contributed by atoms with Gasteiger partial charge >= 0.3 is 5.97 Å². The molecule has 1 atom stereocenters. The molecule has 3 aromatic carbocycles. The Kier molecular flexibility index (Phi) is 6.46. The molecule has 0 radical (unpaired) electrons. The van der Waals surface area contributed by atoms with Crippen molar-refractivity contribution < 1.29 is 19.2 Å². The van der Waals surface area contributed by atoms with Gasteiger partial charge in [0, 0.05) is 11.6 Å². The van der Waals surface area contributed by atoms with Crippen LogP contribution in [0.25, 0.3) is 21.9 Å². The number of carbonyl (C=O) groups is 1. The highest BCUT2D eigenvalue weighted by molar-refractivity contribution is 7.83. The lowest BCUT2D eigenvalue weighted by Crippen LogP contribution is -2.20. The van der Waals surface area contributed by atoms with E-state index in [4.69, 9.17) is 16.7 Å². The third-order valence-corrected chi connectivity index (χ3v) is 5.92. The normalized spacial score (nSPS) is 12.2. The number of hydrogen-bond donors (Lipinski definition) is 3. The molecule has 0 aliphatic rings. The molecular formula is C21H20ClNO4S. The summed E-state index contributed by atoms with van der Waals surface area (Å²) in [7, 11) is -1.41. The van der Waals surface area contributed by atoms with Crippen LogP contribution in [-0.4, -0.2) is 33.5 Å². The minimum atomic E-state index is -1.41. The lowest BCUT2D eigenvalue weighted by Gasteiger charge is -2.16. The van der Waals surface area contributed by atoms with Gasteiger partial charge < -0.3 is 10.2 Å². The first kappa shape index (κ1) is 20.5. The third-order valence-electron chi connectivity index (χ3n) is 4.51. The maximum atomic E-state index is 12.2. The van der Waals surface area contributed by atoms with Gasteiger partial charge in [0.2, 0.25) is 0 Å². The molecule has 146 valence electrons. The van der Waals surface area contributed by atoms with Crippen molar-refractivity contribution >= 4 is 39.3 Å². The van der Waals surface area contributed by atoms with E-state index in [2.05, 4.69) is 4.72 Å². The number of rotatable bonds is 7. The largest absolute Gasteiger partial charge is 0.481 e. The van der Waals surface area contributed by atoms with E-state index in [-0.39, 0.29) is 19.6 Å². The number of fused-ring (bicyclic) bond motifs is 1. The van der Waals surface area contributed by atoms with Gasteiger partial charge in [0.25, 0.3) is 0 Å². The second-order valence-electron chi connectivity index (χ2n) is 6.38. The second kappa shape index (κ2) is 8.84. The maximum absolute atomic E-state index is 12.2. The van der Waals surface area contributed by atoms with Crippen molar-refractivity contribution in [2.75, 3.05) is 13.2 Å². The van der Waals surface area contributed by atoms with Gasteiger partial charge in [0.05, 0.1) is 17.9 Å². The lowest BCUT2D eigenvalue weighted by molar-refractivity contribution is -0.136. The Bertz CT molecular complexity index is 1050. The van der Waals surface area contributed by atoms with Gasteiger partial charge in [-0.1, -0.05) is 35.9 Å². The molecule has 3 rings (SSSR count). The molecule has 3 N–H and O–H groups in total. The molecule has 0 spiro atoms. The predicted octanol–water partition coefficient (Wildman–Crippen LogP) is 3.70. The summed E-state index contributed by atoms with van der Waals surface area (Å²) < 4.78 is 14.9. The zero-order valence-corrected chi connectivity index (χ0v) is 16.8. The molecule has 0 saturated carbocycles. The van der Waals surface area contributed by atoms with E-state index in [1.54, 1.807) is 18.2 Å². The topological polar surface area (TPSA) is 86.6 Å². The molecule has 0 saturated heterocycles. The zero-order valence-electron chi connectivity index (χ0n) is 15.2. The Morgan fingerprint density at radius 3 is 2.50 bits per heavy atom. The van der Waals surface area contributed by atoms with E-state index < -0.39 is 17.0 Å². The fraction of sp³-hybridized carbons (Fsp3) is 0.190. The Morgan fingerprint density at radius 1 is 1.14 bits per heavy atom. The van der Waals surface area contributed by atoms with Gasteiger partial charge in [-0.15, -0.1) is 0 Å². The average Bonchev–Trinajstić information content (AvgIpc) is 2.67. The first-order valence-electron chi connectivity index (χ1n) is 8.71. The van der Waals surface area contributed by atoms with Crippen molar-refractivity contribution in [3.8, 4) is 11.1 Å². The predicted molar refractivity (Wildman–Crippen MR) is 112 cm³/mol. The van der Waals surface area contributed by atoms with Crippen LogP contribution >= 0.6 is 11.6 Å². The summed E-state index contributed by atoms with van der Waals surface area (Å²) in [6.45, 7) is 2.06. The molecule has 0 amide bonds. The molecule has 3 aromatic rings. The highest BCUT2D eigenvalue weighted by Crippen LogP contribution is 2.36. The van der Waals surface area contributed by atoms with Crippen LogP contribution in [0, 0.1) is 6.92 Å². The van der Waals surface area contributed by atoms with E-state index in [1.807, 2.05) is 37.3 Å². The van der Waals surface area contributed by atoms with Crippen LogP contribution in [0.2, 0.25) is 5.02 Å². The summed E-state index contributed by atoms with van der Waals surface area (Å²) in [6, 6.07) is 14.7. The van der Waals surface area contributed by atoms with Crippen molar-refractivity contribution in [3.05, 3.63) is 64.7 Å². The first-order chi connectivity index (χ1) is 13.4. The van der Waals surface area contributed by atoms with Crippen LogP contribution < -0.4 is 4.72 Å². The summed E-state index contributed by atoms with van der Waals surface area (Å²) in [5.74, 6) is -0.886. The van der Waals surface area contributed by atoms with Crippen molar-refractivity contribution in [2.24, 2.45) is 0 Å². The van der Waals surface area contributed by atoms with Crippen LogP contribution in [0.4, 0.5) is 0 Å². The van der Waals surface area contributed by atoms with E-state index in [9.17, 15) is 14.1 Å². The standard InChI is InChI=1S/C21H20ClNO4S/c1-13-16(11-20(25)26)10-15-2-5-17(22)12-19(15)21(13)14-3-6-18(7-4-14)28(27)23-8-9-24/h2-7,10,12,23-24H,8-9,11H2,1H3,(H,25,26). The molecular weight excluding hydrogens is 398 g/mol. The number of nitrogens with one attached hydrogen (secondary N) is 1. The molecule has 28 heavy (non-hydrogen) atoms.